The van der Waals surface area contributed by atoms with Crippen LogP contribution >= 0.6 is 0 Å². The van der Waals surface area contributed by atoms with E-state index in [4.69, 9.17) is 4.98 Å². The Morgan fingerprint density at radius 2 is 1.35 bits per heavy atom. The summed E-state index contributed by atoms with van der Waals surface area (Å²) in [6.07, 6.45) is 15.3. The third kappa shape index (κ3) is 7.09. The second kappa shape index (κ2) is 14.0. The molecule has 4 heteroatoms. The zero-order valence-corrected chi connectivity index (χ0v) is 24.3. The predicted octanol–water partition coefficient (Wildman–Crippen LogP) is 7.84. The molecule has 2 aromatic carbocycles. The molecule has 3 fully saturated rings. The van der Waals surface area contributed by atoms with Crippen LogP contribution in [0, 0.1) is 17.9 Å². The number of pyridine rings is 1. The SMILES string of the molecule is OC1CCCCC2CCCCC(O)C12.[Ir].[c-]1ccccc1-c1ccc2c(C3CCCCC3)cccc2n1. The fourth-order valence-electron chi connectivity index (χ4n) is 6.97. The summed E-state index contributed by atoms with van der Waals surface area (Å²) in [6.45, 7) is 0. The number of hydrogen-bond donors (Lipinski definition) is 2. The Balaban J connectivity index is 0.000000186. The van der Waals surface area contributed by atoms with Crippen LogP contribution < -0.4 is 0 Å². The van der Waals surface area contributed by atoms with Crippen LogP contribution in [0.15, 0.2) is 54.6 Å². The molecule has 37 heavy (non-hydrogen) atoms. The van der Waals surface area contributed by atoms with Crippen LogP contribution in [0.2, 0.25) is 0 Å². The quantitative estimate of drug-likeness (QED) is 0.272. The summed E-state index contributed by atoms with van der Waals surface area (Å²) in [5.41, 5.74) is 4.67. The standard InChI is InChI=1S/C21H20N.C12H22O2.Ir/c1-3-8-16(9-4-1)18-12-7-13-21-19(18)14-15-20(22-21)17-10-5-2-6-11-17;13-10-7-3-1-5-9-6-2-4-8-11(14)12(9)10;/h2,5-7,10,12-16H,1,3-4,8-9H2;9-14H,1-8H2;/q-1;;. The van der Waals surface area contributed by atoms with E-state index in [0.717, 1.165) is 42.5 Å². The molecule has 2 unspecified atom stereocenters. The third-order valence-corrected chi connectivity index (χ3v) is 8.88. The average Bonchev–Trinajstić information content (AvgIpc) is 3.24. The van der Waals surface area contributed by atoms with Crippen LogP contribution in [-0.2, 0) is 20.1 Å². The summed E-state index contributed by atoms with van der Waals surface area (Å²) < 4.78 is 0. The van der Waals surface area contributed by atoms with Crippen LogP contribution in [0.1, 0.15) is 95.0 Å². The van der Waals surface area contributed by atoms with Crippen molar-refractivity contribution in [3.05, 3.63) is 66.2 Å². The van der Waals surface area contributed by atoms with Crippen molar-refractivity contribution in [3.63, 3.8) is 0 Å². The summed E-state index contributed by atoms with van der Waals surface area (Å²) >= 11 is 0. The Kier molecular flexibility index (Phi) is 10.7. The molecule has 3 aliphatic rings. The monoisotopic (exact) mass is 677 g/mol. The van der Waals surface area contributed by atoms with E-state index in [2.05, 4.69) is 42.5 Å². The molecule has 0 saturated heterocycles. The number of rotatable bonds is 2. The first-order valence-corrected chi connectivity index (χ1v) is 14.4. The molecule has 201 valence electrons. The van der Waals surface area contributed by atoms with Gasteiger partial charge in [0.1, 0.15) is 0 Å². The molecule has 3 aromatic rings. The van der Waals surface area contributed by atoms with Crippen molar-refractivity contribution in [1.29, 1.82) is 0 Å². The maximum absolute atomic E-state index is 10.0. The van der Waals surface area contributed by atoms with Gasteiger partial charge in [-0.3, -0.25) is 4.98 Å². The maximum atomic E-state index is 10.0. The second-order valence-electron chi connectivity index (χ2n) is 11.3. The summed E-state index contributed by atoms with van der Waals surface area (Å²) in [5, 5.41) is 21.4. The Hall–Kier alpha value is -1.58. The first kappa shape index (κ1) is 28.4. The van der Waals surface area contributed by atoms with E-state index in [1.807, 2.05) is 18.2 Å². The zero-order valence-electron chi connectivity index (χ0n) is 22.0. The Morgan fingerprint density at radius 1 is 0.676 bits per heavy atom. The van der Waals surface area contributed by atoms with Crippen LogP contribution in [-0.4, -0.2) is 27.4 Å². The van der Waals surface area contributed by atoms with Gasteiger partial charge in [0.15, 0.2) is 0 Å². The van der Waals surface area contributed by atoms with E-state index in [0.29, 0.717) is 11.8 Å². The molecule has 1 heterocycles. The topological polar surface area (TPSA) is 53.4 Å². The van der Waals surface area contributed by atoms with Crippen molar-refractivity contribution in [1.82, 2.24) is 4.98 Å². The van der Waals surface area contributed by atoms with Gasteiger partial charge in [-0.15, -0.1) is 35.9 Å². The van der Waals surface area contributed by atoms with E-state index in [1.165, 1.54) is 68.7 Å². The number of aromatic nitrogens is 1. The molecule has 3 nitrogen and oxygen atoms in total. The van der Waals surface area contributed by atoms with Gasteiger partial charge in [-0.05, 0) is 67.7 Å². The van der Waals surface area contributed by atoms with Crippen molar-refractivity contribution >= 4 is 10.9 Å². The smallest absolute Gasteiger partial charge is 0.0598 e. The molecule has 6 rings (SSSR count). The van der Waals surface area contributed by atoms with Gasteiger partial charge in [0.2, 0.25) is 0 Å². The van der Waals surface area contributed by atoms with E-state index >= 15 is 0 Å². The van der Waals surface area contributed by atoms with Gasteiger partial charge in [-0.1, -0.05) is 69.2 Å². The van der Waals surface area contributed by atoms with Crippen molar-refractivity contribution in [2.45, 2.75) is 102 Å². The number of benzene rings is 2. The molecule has 0 aliphatic heterocycles. The largest absolute Gasteiger partial charge is 0.393 e. The minimum Gasteiger partial charge on any atom is -0.393 e. The van der Waals surface area contributed by atoms with Crippen LogP contribution in [0.3, 0.4) is 0 Å². The third-order valence-electron chi connectivity index (χ3n) is 8.88. The molecule has 3 aliphatic carbocycles. The van der Waals surface area contributed by atoms with E-state index in [9.17, 15) is 10.2 Å². The average molecular weight is 677 g/mol. The molecule has 2 atom stereocenters. The van der Waals surface area contributed by atoms with Crippen LogP contribution in [0.25, 0.3) is 22.2 Å². The molecular weight excluding hydrogens is 635 g/mol. The van der Waals surface area contributed by atoms with Crippen molar-refractivity contribution in [3.8, 4) is 11.3 Å². The molecule has 1 radical (unpaired) electrons. The van der Waals surface area contributed by atoms with Gasteiger partial charge in [-0.2, -0.15) is 0 Å². The van der Waals surface area contributed by atoms with E-state index in [-0.39, 0.29) is 38.2 Å². The Morgan fingerprint density at radius 3 is 2.03 bits per heavy atom. The molecular formula is C33H42IrNO2-. The van der Waals surface area contributed by atoms with Crippen molar-refractivity contribution < 1.29 is 30.3 Å². The van der Waals surface area contributed by atoms with Crippen molar-refractivity contribution in [2.75, 3.05) is 0 Å². The van der Waals surface area contributed by atoms with Gasteiger partial charge in [0.25, 0.3) is 0 Å². The predicted molar refractivity (Wildman–Crippen MR) is 148 cm³/mol. The number of nitrogens with zero attached hydrogens (tertiary/aromatic N) is 1. The summed E-state index contributed by atoms with van der Waals surface area (Å²) in [6, 6.07) is 22.3. The number of aliphatic hydroxyl groups is 2. The van der Waals surface area contributed by atoms with E-state index < -0.39 is 0 Å². The second-order valence-corrected chi connectivity index (χ2v) is 11.3. The first-order valence-electron chi connectivity index (χ1n) is 14.4. The maximum Gasteiger partial charge on any atom is 0.0598 e. The number of fused-ring (bicyclic) bond motifs is 2. The normalized spacial score (nSPS) is 26.5. The Bertz CT molecular complexity index is 1080. The van der Waals surface area contributed by atoms with E-state index in [1.54, 1.807) is 0 Å². The van der Waals surface area contributed by atoms with Gasteiger partial charge < -0.3 is 10.2 Å². The first-order chi connectivity index (χ1) is 17.7. The minimum atomic E-state index is -0.240. The summed E-state index contributed by atoms with van der Waals surface area (Å²) in [5.74, 6) is 1.48. The number of aliphatic hydroxyl groups excluding tert-OH is 2. The van der Waals surface area contributed by atoms with Gasteiger partial charge in [0.05, 0.1) is 17.7 Å². The summed E-state index contributed by atoms with van der Waals surface area (Å²) in [7, 11) is 0. The van der Waals surface area contributed by atoms with Crippen LogP contribution in [0.5, 0.6) is 0 Å². The van der Waals surface area contributed by atoms with Crippen molar-refractivity contribution in [2.24, 2.45) is 11.8 Å². The molecule has 0 amide bonds. The molecule has 0 bridgehead atoms. The van der Waals surface area contributed by atoms with Gasteiger partial charge in [0, 0.05) is 31.4 Å². The molecule has 0 spiro atoms. The molecule has 1 aromatic heterocycles. The minimum absolute atomic E-state index is 0. The molecule has 3 saturated carbocycles. The number of hydrogen-bond acceptors (Lipinski definition) is 3. The van der Waals surface area contributed by atoms with Gasteiger partial charge in [-0.25, -0.2) is 0 Å². The van der Waals surface area contributed by atoms with Crippen LogP contribution in [0.4, 0.5) is 0 Å². The summed E-state index contributed by atoms with van der Waals surface area (Å²) in [4.78, 5) is 4.87. The fourth-order valence-corrected chi connectivity index (χ4v) is 6.97. The Labute approximate surface area is 236 Å². The molecule has 2 N–H and O–H groups in total. The van der Waals surface area contributed by atoms with Gasteiger partial charge >= 0.3 is 0 Å². The fraction of sp³-hybridized carbons (Fsp3) is 0.545. The zero-order chi connectivity index (χ0) is 24.7.